The van der Waals surface area contributed by atoms with Crippen molar-refractivity contribution < 1.29 is 4.39 Å². The zero-order valence-corrected chi connectivity index (χ0v) is 10.2. The molecule has 4 heteroatoms. The summed E-state index contributed by atoms with van der Waals surface area (Å²) in [6, 6.07) is 2.10. The molecule has 2 N–H and O–H groups in total. The average Bonchev–Trinajstić information content (AvgIpc) is 2.58. The van der Waals surface area contributed by atoms with Crippen LogP contribution in [0.4, 0.5) is 4.39 Å². The zero-order valence-electron chi connectivity index (χ0n) is 7.80. The fraction of sp³-hybridized carbons (Fsp3) is 0.600. The van der Waals surface area contributed by atoms with E-state index in [4.69, 9.17) is 5.73 Å². The van der Waals surface area contributed by atoms with Crippen molar-refractivity contribution in [2.24, 2.45) is 5.73 Å². The standard InChI is InChI=1S/C10H13BrFNS/c11-8-3-6-14-9(8)10(12)4-1-7(13)2-5-10/h3,6-7H,1-2,4-5,13H2. The second-order valence-corrected chi connectivity index (χ2v) is 5.67. The van der Waals surface area contributed by atoms with Crippen LogP contribution in [-0.4, -0.2) is 6.04 Å². The molecule has 0 aromatic carbocycles. The minimum absolute atomic E-state index is 0.192. The Kier molecular flexibility index (Phi) is 2.96. The highest BCUT2D eigenvalue weighted by atomic mass is 79.9. The fourth-order valence-electron chi connectivity index (χ4n) is 1.94. The van der Waals surface area contributed by atoms with E-state index in [2.05, 4.69) is 15.9 Å². The number of nitrogens with two attached hydrogens (primary N) is 1. The van der Waals surface area contributed by atoms with Gasteiger partial charge in [0, 0.05) is 10.5 Å². The van der Waals surface area contributed by atoms with E-state index in [0.29, 0.717) is 12.8 Å². The Morgan fingerprint density at radius 2 is 2.14 bits per heavy atom. The molecule has 1 nitrogen and oxygen atoms in total. The van der Waals surface area contributed by atoms with Crippen LogP contribution in [0.3, 0.4) is 0 Å². The molecule has 1 saturated carbocycles. The van der Waals surface area contributed by atoms with Gasteiger partial charge in [0.1, 0.15) is 5.67 Å². The van der Waals surface area contributed by atoms with E-state index in [1.807, 2.05) is 11.4 Å². The van der Waals surface area contributed by atoms with Crippen molar-refractivity contribution in [2.75, 3.05) is 0 Å². The van der Waals surface area contributed by atoms with Crippen molar-refractivity contribution in [3.63, 3.8) is 0 Å². The Hall–Kier alpha value is 0.0700. The van der Waals surface area contributed by atoms with Gasteiger partial charge in [0.15, 0.2) is 0 Å². The van der Waals surface area contributed by atoms with Gasteiger partial charge in [-0.1, -0.05) is 0 Å². The Balaban J connectivity index is 2.21. The van der Waals surface area contributed by atoms with Crippen molar-refractivity contribution in [3.05, 3.63) is 20.8 Å². The van der Waals surface area contributed by atoms with Crippen LogP contribution in [-0.2, 0) is 5.67 Å². The Morgan fingerprint density at radius 3 is 2.64 bits per heavy atom. The summed E-state index contributed by atoms with van der Waals surface area (Å²) in [6.07, 6.45) is 2.71. The largest absolute Gasteiger partial charge is 0.328 e. The first kappa shape index (κ1) is 10.6. The molecule has 1 heterocycles. The molecule has 0 radical (unpaired) electrons. The van der Waals surface area contributed by atoms with Crippen molar-refractivity contribution in [3.8, 4) is 0 Å². The summed E-state index contributed by atoms with van der Waals surface area (Å²) in [6.45, 7) is 0. The first-order chi connectivity index (χ1) is 6.62. The number of hydrogen-bond acceptors (Lipinski definition) is 2. The SMILES string of the molecule is NC1CCC(F)(c2sccc2Br)CC1. The lowest BCUT2D eigenvalue weighted by Gasteiger charge is -2.32. The second-order valence-electron chi connectivity index (χ2n) is 3.90. The smallest absolute Gasteiger partial charge is 0.146 e. The van der Waals surface area contributed by atoms with E-state index in [9.17, 15) is 4.39 Å². The van der Waals surface area contributed by atoms with Crippen LogP contribution in [0.5, 0.6) is 0 Å². The molecule has 0 unspecified atom stereocenters. The number of alkyl halides is 1. The molecule has 1 aliphatic carbocycles. The lowest BCUT2D eigenvalue weighted by Crippen LogP contribution is -2.33. The summed E-state index contributed by atoms with van der Waals surface area (Å²) in [5.41, 5.74) is 4.64. The lowest BCUT2D eigenvalue weighted by molar-refractivity contribution is 0.101. The molecule has 14 heavy (non-hydrogen) atoms. The number of rotatable bonds is 1. The molecular weight excluding hydrogens is 265 g/mol. The summed E-state index contributed by atoms with van der Waals surface area (Å²) in [4.78, 5) is 0.837. The van der Waals surface area contributed by atoms with Crippen LogP contribution in [0.15, 0.2) is 15.9 Å². The van der Waals surface area contributed by atoms with Gasteiger partial charge in [-0.3, -0.25) is 0 Å². The van der Waals surface area contributed by atoms with E-state index in [1.54, 1.807) is 0 Å². The van der Waals surface area contributed by atoms with E-state index in [0.717, 1.165) is 22.2 Å². The van der Waals surface area contributed by atoms with Gasteiger partial charge in [0.2, 0.25) is 0 Å². The highest BCUT2D eigenvalue weighted by molar-refractivity contribution is 9.10. The lowest BCUT2D eigenvalue weighted by atomic mass is 9.83. The molecule has 1 fully saturated rings. The van der Waals surface area contributed by atoms with E-state index in [-0.39, 0.29) is 6.04 Å². The molecule has 0 bridgehead atoms. The normalized spacial score (nSPS) is 33.2. The van der Waals surface area contributed by atoms with Gasteiger partial charge in [-0.05, 0) is 53.1 Å². The Bertz CT molecular complexity index is 318. The maximum Gasteiger partial charge on any atom is 0.146 e. The number of halogens is 2. The first-order valence-electron chi connectivity index (χ1n) is 4.80. The summed E-state index contributed by atoms with van der Waals surface area (Å²) in [5, 5.41) is 1.93. The van der Waals surface area contributed by atoms with Crippen LogP contribution in [0.2, 0.25) is 0 Å². The number of hydrogen-bond donors (Lipinski definition) is 1. The molecule has 1 aliphatic rings. The predicted octanol–water partition coefficient (Wildman–Crippen LogP) is 3.58. The molecule has 1 aromatic heterocycles. The molecule has 0 saturated heterocycles. The molecule has 2 rings (SSSR count). The van der Waals surface area contributed by atoms with Crippen LogP contribution in [0.25, 0.3) is 0 Å². The third-order valence-corrected chi connectivity index (χ3v) is 4.86. The maximum absolute atomic E-state index is 14.5. The minimum Gasteiger partial charge on any atom is -0.328 e. The van der Waals surface area contributed by atoms with Gasteiger partial charge in [-0.15, -0.1) is 11.3 Å². The van der Waals surface area contributed by atoms with Crippen LogP contribution in [0, 0.1) is 0 Å². The highest BCUT2D eigenvalue weighted by Gasteiger charge is 2.38. The van der Waals surface area contributed by atoms with Gasteiger partial charge in [-0.25, -0.2) is 4.39 Å². The fourth-order valence-corrected chi connectivity index (χ4v) is 3.82. The molecule has 1 aromatic rings. The van der Waals surface area contributed by atoms with Gasteiger partial charge in [-0.2, -0.15) is 0 Å². The molecule has 78 valence electrons. The zero-order chi connectivity index (χ0) is 10.2. The highest BCUT2D eigenvalue weighted by Crippen LogP contribution is 2.45. The molecule has 0 spiro atoms. The first-order valence-corrected chi connectivity index (χ1v) is 6.47. The topological polar surface area (TPSA) is 26.0 Å². The second kappa shape index (κ2) is 3.91. The average molecular weight is 278 g/mol. The predicted molar refractivity (Wildman–Crippen MR) is 61.2 cm³/mol. The Labute approximate surface area is 95.6 Å². The summed E-state index contributed by atoms with van der Waals surface area (Å²) >= 11 is 4.88. The quantitative estimate of drug-likeness (QED) is 0.835. The van der Waals surface area contributed by atoms with Gasteiger partial charge in [0.25, 0.3) is 0 Å². The maximum atomic E-state index is 14.5. The van der Waals surface area contributed by atoms with E-state index >= 15 is 0 Å². The van der Waals surface area contributed by atoms with Crippen LogP contribution in [0.1, 0.15) is 30.6 Å². The van der Waals surface area contributed by atoms with Crippen LogP contribution >= 0.6 is 27.3 Å². The van der Waals surface area contributed by atoms with Crippen molar-refractivity contribution in [2.45, 2.75) is 37.4 Å². The van der Waals surface area contributed by atoms with Crippen molar-refractivity contribution in [1.82, 2.24) is 0 Å². The summed E-state index contributed by atoms with van der Waals surface area (Å²) in [7, 11) is 0. The van der Waals surface area contributed by atoms with Gasteiger partial charge < -0.3 is 5.73 Å². The summed E-state index contributed by atoms with van der Waals surface area (Å²) in [5.74, 6) is 0. The van der Waals surface area contributed by atoms with Gasteiger partial charge in [0.05, 0.1) is 4.88 Å². The molecule has 0 aliphatic heterocycles. The molecule has 0 amide bonds. The monoisotopic (exact) mass is 277 g/mol. The molecule has 0 atom stereocenters. The van der Waals surface area contributed by atoms with E-state index in [1.165, 1.54) is 11.3 Å². The third kappa shape index (κ3) is 1.88. The Morgan fingerprint density at radius 1 is 1.50 bits per heavy atom. The third-order valence-electron chi connectivity index (χ3n) is 2.85. The van der Waals surface area contributed by atoms with Crippen molar-refractivity contribution >= 4 is 27.3 Å². The van der Waals surface area contributed by atoms with Crippen molar-refractivity contribution in [1.29, 1.82) is 0 Å². The number of thiophene rings is 1. The van der Waals surface area contributed by atoms with Crippen LogP contribution < -0.4 is 5.73 Å². The summed E-state index contributed by atoms with van der Waals surface area (Å²) < 4.78 is 15.4. The molecular formula is C10H13BrFNS. The minimum atomic E-state index is -1.14. The van der Waals surface area contributed by atoms with Gasteiger partial charge >= 0.3 is 0 Å². The van der Waals surface area contributed by atoms with E-state index < -0.39 is 5.67 Å².